The van der Waals surface area contributed by atoms with E-state index in [0.29, 0.717) is 0 Å². The molecule has 0 amide bonds. The van der Waals surface area contributed by atoms with Crippen LogP contribution in [0.2, 0.25) is 0 Å². The molecule has 1 aliphatic carbocycles. The summed E-state index contributed by atoms with van der Waals surface area (Å²) in [5.74, 6) is 0.842. The second kappa shape index (κ2) is 5.54. The quantitative estimate of drug-likeness (QED) is 0.875. The van der Waals surface area contributed by atoms with Gasteiger partial charge in [0.2, 0.25) is 0 Å². The van der Waals surface area contributed by atoms with Gasteiger partial charge in [-0.05, 0) is 48.9 Å². The molecule has 19 heavy (non-hydrogen) atoms. The molecular formula is C17H20N2. The van der Waals surface area contributed by atoms with Crippen LogP contribution in [0.3, 0.4) is 0 Å². The van der Waals surface area contributed by atoms with Crippen LogP contribution in [0.4, 0.5) is 0 Å². The predicted molar refractivity (Wildman–Crippen MR) is 77.9 cm³/mol. The molecule has 1 fully saturated rings. The van der Waals surface area contributed by atoms with Gasteiger partial charge in [-0.1, -0.05) is 30.3 Å². The molecule has 2 heteroatoms. The normalized spacial score (nSPS) is 16.3. The Labute approximate surface area is 114 Å². The summed E-state index contributed by atoms with van der Waals surface area (Å²) in [5.41, 5.74) is 3.94. The van der Waals surface area contributed by atoms with Crippen LogP contribution in [0.15, 0.2) is 48.7 Å². The van der Waals surface area contributed by atoms with E-state index in [0.717, 1.165) is 18.2 Å². The van der Waals surface area contributed by atoms with E-state index in [9.17, 15) is 0 Å². The maximum Gasteiger partial charge on any atom is 0.0570 e. The first-order chi connectivity index (χ1) is 9.33. The number of rotatable bonds is 5. The highest BCUT2D eigenvalue weighted by Gasteiger charge is 2.22. The van der Waals surface area contributed by atoms with Crippen LogP contribution in [0.5, 0.6) is 0 Å². The minimum atomic E-state index is 0.282. The van der Waals surface area contributed by atoms with Crippen molar-refractivity contribution in [3.8, 4) is 0 Å². The minimum absolute atomic E-state index is 0.282. The van der Waals surface area contributed by atoms with Gasteiger partial charge in [0.1, 0.15) is 0 Å². The van der Waals surface area contributed by atoms with Gasteiger partial charge >= 0.3 is 0 Å². The van der Waals surface area contributed by atoms with Gasteiger partial charge in [-0.25, -0.2) is 0 Å². The molecule has 2 aromatic rings. The summed E-state index contributed by atoms with van der Waals surface area (Å²) in [7, 11) is 0. The van der Waals surface area contributed by atoms with Gasteiger partial charge in [0.05, 0.1) is 5.69 Å². The summed E-state index contributed by atoms with van der Waals surface area (Å²) < 4.78 is 0. The predicted octanol–water partition coefficient (Wildman–Crippen LogP) is 3.81. The monoisotopic (exact) mass is 252 g/mol. The molecule has 2 nitrogen and oxygen atoms in total. The smallest absolute Gasteiger partial charge is 0.0570 e. The van der Waals surface area contributed by atoms with Crippen LogP contribution < -0.4 is 5.32 Å². The van der Waals surface area contributed by atoms with Crippen molar-refractivity contribution in [1.82, 2.24) is 10.3 Å². The molecule has 0 unspecified atom stereocenters. The largest absolute Gasteiger partial charge is 0.305 e. The van der Waals surface area contributed by atoms with E-state index in [4.69, 9.17) is 0 Å². The topological polar surface area (TPSA) is 24.9 Å². The van der Waals surface area contributed by atoms with Gasteiger partial charge in [-0.3, -0.25) is 4.98 Å². The Morgan fingerprint density at radius 3 is 2.58 bits per heavy atom. The third-order valence-electron chi connectivity index (χ3n) is 3.77. The Balaban J connectivity index is 1.56. The van der Waals surface area contributed by atoms with E-state index in [-0.39, 0.29) is 6.04 Å². The zero-order chi connectivity index (χ0) is 13.1. The van der Waals surface area contributed by atoms with E-state index in [2.05, 4.69) is 47.6 Å². The second-order valence-electron chi connectivity index (χ2n) is 5.37. The SMILES string of the molecule is C[C@H](NCc1ccc(C2CC2)cc1)c1ccccn1. The van der Waals surface area contributed by atoms with E-state index < -0.39 is 0 Å². The first kappa shape index (κ1) is 12.4. The fourth-order valence-corrected chi connectivity index (χ4v) is 2.33. The molecule has 1 atom stereocenters. The summed E-state index contributed by atoms with van der Waals surface area (Å²) in [6.07, 6.45) is 4.58. The average Bonchev–Trinajstić information content (AvgIpc) is 3.31. The average molecular weight is 252 g/mol. The van der Waals surface area contributed by atoms with Gasteiger partial charge < -0.3 is 5.32 Å². The Kier molecular flexibility index (Phi) is 3.60. The molecule has 1 heterocycles. The molecular weight excluding hydrogens is 232 g/mol. The van der Waals surface area contributed by atoms with Crippen LogP contribution in [0, 0.1) is 0 Å². The molecule has 3 rings (SSSR count). The fraction of sp³-hybridized carbons (Fsp3) is 0.353. The molecule has 0 radical (unpaired) electrons. The molecule has 1 N–H and O–H groups in total. The summed E-state index contributed by atoms with van der Waals surface area (Å²) >= 11 is 0. The number of hydrogen-bond donors (Lipinski definition) is 1. The highest BCUT2D eigenvalue weighted by atomic mass is 14.9. The first-order valence-corrected chi connectivity index (χ1v) is 7.06. The van der Waals surface area contributed by atoms with E-state index in [1.54, 1.807) is 0 Å². The number of nitrogens with one attached hydrogen (secondary N) is 1. The number of aromatic nitrogens is 1. The van der Waals surface area contributed by atoms with Crippen molar-refractivity contribution >= 4 is 0 Å². The lowest BCUT2D eigenvalue weighted by Gasteiger charge is -2.13. The standard InChI is InChI=1S/C17H20N2/c1-13(17-4-2-3-11-18-17)19-12-14-5-7-15(8-6-14)16-9-10-16/h2-8,11,13,16,19H,9-10,12H2,1H3/t13-/m0/s1. The van der Waals surface area contributed by atoms with Crippen LogP contribution in [-0.2, 0) is 6.54 Å². The molecule has 0 bridgehead atoms. The van der Waals surface area contributed by atoms with E-state index in [1.165, 1.54) is 24.0 Å². The maximum atomic E-state index is 4.37. The molecule has 1 saturated carbocycles. The van der Waals surface area contributed by atoms with Crippen molar-refractivity contribution in [3.63, 3.8) is 0 Å². The Hall–Kier alpha value is -1.67. The van der Waals surface area contributed by atoms with Gasteiger partial charge in [0.15, 0.2) is 0 Å². The third kappa shape index (κ3) is 3.21. The molecule has 1 aromatic carbocycles. The lowest BCUT2D eigenvalue weighted by Crippen LogP contribution is -2.18. The van der Waals surface area contributed by atoms with Crippen molar-refractivity contribution in [2.75, 3.05) is 0 Å². The van der Waals surface area contributed by atoms with Gasteiger partial charge in [0, 0.05) is 18.8 Å². The minimum Gasteiger partial charge on any atom is -0.305 e. The Morgan fingerprint density at radius 1 is 1.16 bits per heavy atom. The Morgan fingerprint density at radius 2 is 1.95 bits per heavy atom. The molecule has 1 aromatic heterocycles. The van der Waals surface area contributed by atoms with Crippen molar-refractivity contribution in [1.29, 1.82) is 0 Å². The van der Waals surface area contributed by atoms with Gasteiger partial charge in [-0.2, -0.15) is 0 Å². The van der Waals surface area contributed by atoms with Crippen molar-refractivity contribution in [2.45, 2.75) is 38.3 Å². The van der Waals surface area contributed by atoms with Crippen LogP contribution in [0.1, 0.15) is 48.5 Å². The Bertz CT molecular complexity index is 515. The molecule has 98 valence electrons. The summed E-state index contributed by atoms with van der Waals surface area (Å²) in [5, 5.41) is 3.52. The van der Waals surface area contributed by atoms with Gasteiger partial charge in [-0.15, -0.1) is 0 Å². The zero-order valence-electron chi connectivity index (χ0n) is 11.3. The van der Waals surface area contributed by atoms with E-state index in [1.807, 2.05) is 18.3 Å². The van der Waals surface area contributed by atoms with Crippen LogP contribution >= 0.6 is 0 Å². The van der Waals surface area contributed by atoms with Crippen LogP contribution in [-0.4, -0.2) is 4.98 Å². The highest BCUT2D eigenvalue weighted by Crippen LogP contribution is 2.39. The number of benzene rings is 1. The maximum absolute atomic E-state index is 4.37. The molecule has 1 aliphatic rings. The van der Waals surface area contributed by atoms with Crippen LogP contribution in [0.25, 0.3) is 0 Å². The van der Waals surface area contributed by atoms with Crippen molar-refractivity contribution in [2.24, 2.45) is 0 Å². The summed E-state index contributed by atoms with van der Waals surface area (Å²) in [6.45, 7) is 3.05. The lowest BCUT2D eigenvalue weighted by atomic mass is 10.1. The van der Waals surface area contributed by atoms with E-state index >= 15 is 0 Å². The molecule has 0 spiro atoms. The number of nitrogens with zero attached hydrogens (tertiary/aromatic N) is 1. The number of pyridine rings is 1. The van der Waals surface area contributed by atoms with Crippen molar-refractivity contribution in [3.05, 3.63) is 65.5 Å². The third-order valence-corrected chi connectivity index (χ3v) is 3.77. The van der Waals surface area contributed by atoms with Gasteiger partial charge in [0.25, 0.3) is 0 Å². The lowest BCUT2D eigenvalue weighted by molar-refractivity contribution is 0.561. The molecule has 0 aliphatic heterocycles. The second-order valence-corrected chi connectivity index (χ2v) is 5.37. The zero-order valence-corrected chi connectivity index (χ0v) is 11.3. The number of hydrogen-bond acceptors (Lipinski definition) is 2. The summed E-state index contributed by atoms with van der Waals surface area (Å²) in [4.78, 5) is 4.37. The first-order valence-electron chi connectivity index (χ1n) is 7.06. The molecule has 0 saturated heterocycles. The van der Waals surface area contributed by atoms with Crippen molar-refractivity contribution < 1.29 is 0 Å². The highest BCUT2D eigenvalue weighted by molar-refractivity contribution is 5.28. The summed E-state index contributed by atoms with van der Waals surface area (Å²) in [6, 6.07) is 15.4. The fourth-order valence-electron chi connectivity index (χ4n) is 2.33.